The average Bonchev–Trinajstić information content (AvgIpc) is 4.23. The fourth-order valence-corrected chi connectivity index (χ4v) is 11.0. The largest absolute Gasteiger partial charge is 0.487 e. The molecule has 0 saturated carbocycles. The summed E-state index contributed by atoms with van der Waals surface area (Å²) in [7, 11) is 1.58. The number of aryl methyl sites for hydroxylation is 1. The lowest BCUT2D eigenvalue weighted by molar-refractivity contribution is -0.141. The molecule has 0 spiro atoms. The van der Waals surface area contributed by atoms with Crippen LogP contribution in [0.25, 0.3) is 32.7 Å². The Morgan fingerprint density at radius 2 is 1.68 bits per heavy atom. The van der Waals surface area contributed by atoms with Gasteiger partial charge in [0.15, 0.2) is 35.5 Å². The van der Waals surface area contributed by atoms with Crippen LogP contribution in [0.2, 0.25) is 0 Å². The first-order valence-corrected chi connectivity index (χ1v) is 25.8. The zero-order valence-electron chi connectivity index (χ0n) is 41.6. The summed E-state index contributed by atoms with van der Waals surface area (Å²) < 4.78 is 25.2. The van der Waals surface area contributed by atoms with Gasteiger partial charge in [-0.2, -0.15) is 5.10 Å². The van der Waals surface area contributed by atoms with Crippen LogP contribution in [0.3, 0.4) is 0 Å². The molecule has 3 aliphatic rings. The second kappa shape index (κ2) is 21.5. The van der Waals surface area contributed by atoms with Gasteiger partial charge in [0.2, 0.25) is 17.8 Å². The highest BCUT2D eigenvalue weighted by Gasteiger charge is 2.44. The van der Waals surface area contributed by atoms with E-state index in [-0.39, 0.29) is 55.7 Å². The fraction of sp³-hybridized carbons (Fsp3) is 0.442. The number of para-hydroxylation sites is 1. The van der Waals surface area contributed by atoms with E-state index in [1.807, 2.05) is 98.6 Å². The number of fused-ring (bicyclic) bond motifs is 1. The number of benzene rings is 2. The predicted octanol–water partition coefficient (Wildman–Crippen LogP) is 6.74. The number of likely N-dealkylation sites (tertiary alicyclic amines) is 1. The quantitative estimate of drug-likeness (QED) is 0.0850. The van der Waals surface area contributed by atoms with Gasteiger partial charge in [0.25, 0.3) is 0 Å². The van der Waals surface area contributed by atoms with E-state index < -0.39 is 18.1 Å². The second-order valence-electron chi connectivity index (χ2n) is 19.4. The van der Waals surface area contributed by atoms with Crippen LogP contribution >= 0.6 is 11.3 Å². The van der Waals surface area contributed by atoms with Crippen molar-refractivity contribution in [3.8, 4) is 33.2 Å². The number of aromatic nitrogens is 8. The van der Waals surface area contributed by atoms with Gasteiger partial charge in [-0.05, 0) is 61.9 Å². The molecule has 3 fully saturated rings. The number of carbonyl (C=O) groups is 2. The SMILES string of the molecule is COCOc1ccccc1-c1cc2c(nn1)c(N)nn2C1CCN(c2ncc(OC3CCN(c4cc(C(C(=O)N5C[C@H](O)C[C@H]5C(=O)NC(C)c5ccc(-c6scnc6C)cc5)C(C)C)on4)CC3)cn2)CC1. The molecule has 20 nitrogen and oxygen atoms in total. The summed E-state index contributed by atoms with van der Waals surface area (Å²) >= 11 is 1.59. The van der Waals surface area contributed by atoms with Gasteiger partial charge in [-0.3, -0.25) is 14.3 Å². The minimum Gasteiger partial charge on any atom is -0.487 e. The first kappa shape index (κ1) is 49.4. The van der Waals surface area contributed by atoms with E-state index in [2.05, 4.69) is 35.5 Å². The average molecular weight is 1010 g/mol. The minimum absolute atomic E-state index is 0.0505. The molecule has 3 aliphatic heterocycles. The van der Waals surface area contributed by atoms with E-state index in [1.165, 1.54) is 4.90 Å². The number of amides is 2. The van der Waals surface area contributed by atoms with E-state index in [1.54, 1.807) is 30.8 Å². The molecule has 10 rings (SSSR count). The van der Waals surface area contributed by atoms with E-state index in [4.69, 9.17) is 39.5 Å². The first-order valence-electron chi connectivity index (χ1n) is 24.9. The van der Waals surface area contributed by atoms with Crippen molar-refractivity contribution in [3.63, 3.8) is 0 Å². The molecule has 7 aromatic rings. The summed E-state index contributed by atoms with van der Waals surface area (Å²) in [5.74, 6) is 1.84. The van der Waals surface area contributed by atoms with Crippen LogP contribution in [0.5, 0.6) is 11.5 Å². The Labute approximate surface area is 426 Å². The number of rotatable bonds is 16. The Morgan fingerprint density at radius 3 is 2.40 bits per heavy atom. The summed E-state index contributed by atoms with van der Waals surface area (Å²) in [5.41, 5.74) is 14.0. The van der Waals surface area contributed by atoms with Crippen LogP contribution in [0, 0.1) is 12.8 Å². The van der Waals surface area contributed by atoms with Crippen molar-refractivity contribution >= 4 is 51.8 Å². The maximum absolute atomic E-state index is 14.4. The maximum Gasteiger partial charge on any atom is 0.243 e. The number of ether oxygens (including phenoxy) is 3. The fourth-order valence-electron chi connectivity index (χ4n) is 10.2. The Balaban J connectivity index is 0.710. The van der Waals surface area contributed by atoms with E-state index >= 15 is 0 Å². The van der Waals surface area contributed by atoms with Gasteiger partial charge in [0.1, 0.15) is 23.8 Å². The number of nitrogens with two attached hydrogens (primary N) is 1. The predicted molar refractivity (Wildman–Crippen MR) is 275 cm³/mol. The zero-order valence-corrected chi connectivity index (χ0v) is 42.4. The van der Waals surface area contributed by atoms with Crippen LogP contribution in [0.4, 0.5) is 17.6 Å². The van der Waals surface area contributed by atoms with E-state index in [0.717, 1.165) is 71.6 Å². The molecule has 21 heteroatoms. The monoisotopic (exact) mass is 1010 g/mol. The summed E-state index contributed by atoms with van der Waals surface area (Å²) in [6.07, 6.45) is 5.82. The highest BCUT2D eigenvalue weighted by Crippen LogP contribution is 2.36. The highest BCUT2D eigenvalue weighted by molar-refractivity contribution is 7.13. The third-order valence-electron chi connectivity index (χ3n) is 14.1. The van der Waals surface area contributed by atoms with Gasteiger partial charge < -0.3 is 49.6 Å². The van der Waals surface area contributed by atoms with Crippen molar-refractivity contribution in [2.45, 2.75) is 96.1 Å². The lowest BCUT2D eigenvalue weighted by atomic mass is 9.91. The third-order valence-corrected chi connectivity index (χ3v) is 15.1. The summed E-state index contributed by atoms with van der Waals surface area (Å²) in [6, 6.07) is 18.4. The number of anilines is 3. The van der Waals surface area contributed by atoms with Crippen molar-refractivity contribution in [2.24, 2.45) is 5.92 Å². The highest BCUT2D eigenvalue weighted by atomic mass is 32.1. The minimum atomic E-state index is -0.828. The Hall–Kier alpha value is -7.23. The molecule has 2 amide bonds. The number of piperidine rings is 2. The van der Waals surface area contributed by atoms with Gasteiger partial charge in [-0.1, -0.05) is 55.4 Å². The molecule has 2 unspecified atom stereocenters. The molecule has 8 heterocycles. The molecule has 382 valence electrons. The number of nitrogens with one attached hydrogen (secondary N) is 1. The lowest BCUT2D eigenvalue weighted by Crippen LogP contribution is -2.48. The summed E-state index contributed by atoms with van der Waals surface area (Å²) in [4.78, 5) is 48.8. The Kier molecular flexibility index (Phi) is 14.5. The van der Waals surface area contributed by atoms with Crippen LogP contribution in [0.15, 0.2) is 83.1 Å². The second-order valence-corrected chi connectivity index (χ2v) is 20.3. The van der Waals surface area contributed by atoms with Crippen molar-refractivity contribution in [2.75, 3.05) is 62.2 Å². The first-order chi connectivity index (χ1) is 35.4. The van der Waals surface area contributed by atoms with Crippen LogP contribution < -0.4 is 30.3 Å². The summed E-state index contributed by atoms with van der Waals surface area (Å²) in [6.45, 7) is 10.7. The van der Waals surface area contributed by atoms with Crippen LogP contribution in [-0.4, -0.2) is 127 Å². The van der Waals surface area contributed by atoms with Gasteiger partial charge in [0.05, 0.1) is 57.9 Å². The van der Waals surface area contributed by atoms with Crippen molar-refractivity contribution in [1.29, 1.82) is 0 Å². The number of hydrogen-bond acceptors (Lipinski definition) is 18. The molecule has 0 radical (unpaired) electrons. The molecule has 3 saturated heterocycles. The number of nitrogens with zero attached hydrogens (tertiary/aromatic N) is 11. The molecule has 0 bridgehead atoms. The molecule has 73 heavy (non-hydrogen) atoms. The third kappa shape index (κ3) is 10.5. The van der Waals surface area contributed by atoms with Gasteiger partial charge in [-0.25, -0.2) is 15.0 Å². The van der Waals surface area contributed by atoms with Crippen LogP contribution in [-0.2, 0) is 14.3 Å². The number of nitrogen functional groups attached to an aromatic ring is 1. The standard InChI is InChI=1S/C52H61N13O7S/c1-30(2)46(51(68)64-27-36(66)22-42(64)50(67)57-31(3)33-10-12-34(13-11-33)48-32(4)56-28-73-48)44-24-45(61-72-44)62-20-16-37(17-21-62)71-38-25-54-52(55-26-38)63-18-14-35(15-19-63)65-41-23-40(58-59-47(41)49(53)60-65)39-8-6-7-9-43(39)70-29-69-5/h6-13,23-26,28,30-31,35-37,42,46,66H,14-22,27,29H2,1-5H3,(H2,53,60)(H,57,67)/t31?,36-,42+,46?/m1/s1. The molecule has 5 aromatic heterocycles. The normalized spacial score (nSPS) is 18.6. The number of β-amino-alcohol motifs (C(OH)–C–C–N with tert-alkyl or cyclic N) is 1. The Bertz CT molecular complexity index is 3020. The number of thiazole rings is 1. The molecule has 4 N–H and O–H groups in total. The molecular weight excluding hydrogens is 951 g/mol. The molecular formula is C52H61N13O7S. The number of aliphatic hydroxyl groups excluding tert-OH is 1. The molecule has 0 aliphatic carbocycles. The number of aliphatic hydroxyl groups is 1. The van der Waals surface area contributed by atoms with E-state index in [9.17, 15) is 14.7 Å². The van der Waals surface area contributed by atoms with E-state index in [0.29, 0.717) is 59.1 Å². The number of carbonyl (C=O) groups excluding carboxylic acids is 2. The smallest absolute Gasteiger partial charge is 0.243 e. The topological polar surface area (TPSA) is 238 Å². The Morgan fingerprint density at radius 1 is 0.945 bits per heavy atom. The van der Waals surface area contributed by atoms with Gasteiger partial charge in [-0.15, -0.1) is 21.5 Å². The molecule has 2 aromatic carbocycles. The molecule has 4 atom stereocenters. The van der Waals surface area contributed by atoms with Gasteiger partial charge in [0, 0.05) is 70.7 Å². The maximum atomic E-state index is 14.4. The number of hydrogen-bond donors (Lipinski definition) is 3. The number of methoxy groups -OCH3 is 1. The van der Waals surface area contributed by atoms with Crippen LogP contribution in [0.1, 0.15) is 87.9 Å². The summed E-state index contributed by atoms with van der Waals surface area (Å²) in [5, 5.41) is 31.9. The van der Waals surface area contributed by atoms with Crippen molar-refractivity contribution < 1.29 is 33.4 Å². The van der Waals surface area contributed by atoms with Gasteiger partial charge >= 0.3 is 0 Å². The van der Waals surface area contributed by atoms with Crippen molar-refractivity contribution in [3.05, 3.63) is 95.6 Å². The lowest BCUT2D eigenvalue weighted by Gasteiger charge is -2.33. The zero-order chi connectivity index (χ0) is 50.8. The van der Waals surface area contributed by atoms with Crippen molar-refractivity contribution in [1.82, 2.24) is 50.3 Å².